The molecule has 1 aromatic heterocycles. The van der Waals surface area contributed by atoms with Crippen LogP contribution in [0.4, 0.5) is 0 Å². The summed E-state index contributed by atoms with van der Waals surface area (Å²) in [5.74, 6) is -1.30. The van der Waals surface area contributed by atoms with Crippen LogP contribution in [0.5, 0.6) is 0 Å². The fraction of sp³-hybridized carbons (Fsp3) is 0.600. The van der Waals surface area contributed by atoms with Gasteiger partial charge in [0.2, 0.25) is 0 Å². The van der Waals surface area contributed by atoms with Gasteiger partial charge in [-0.2, -0.15) is 0 Å². The highest BCUT2D eigenvalue weighted by atomic mass is 32.2. The lowest BCUT2D eigenvalue weighted by Crippen LogP contribution is -2.38. The third kappa shape index (κ3) is 4.04. The normalized spacial score (nSPS) is 18.4. The Hall–Kier alpha value is -1.47. The third-order valence-electron chi connectivity index (χ3n) is 4.47. The Morgan fingerprint density at radius 1 is 1.36 bits per heavy atom. The quantitative estimate of drug-likeness (QED) is 0.740. The molecule has 1 heterocycles. The van der Waals surface area contributed by atoms with Crippen LogP contribution in [0, 0.1) is 0 Å². The zero-order chi connectivity index (χ0) is 16.2. The van der Waals surface area contributed by atoms with Gasteiger partial charge in [-0.3, -0.25) is 9.78 Å². The topological polar surface area (TPSA) is 110 Å². The first-order valence-electron chi connectivity index (χ1n) is 7.45. The van der Waals surface area contributed by atoms with E-state index in [1.54, 1.807) is 6.20 Å². The molecule has 0 aromatic carbocycles. The molecule has 0 aliphatic heterocycles. The van der Waals surface area contributed by atoms with E-state index in [4.69, 9.17) is 10.8 Å². The lowest BCUT2D eigenvalue weighted by atomic mass is 9.65. The fourth-order valence-electron chi connectivity index (χ4n) is 2.80. The number of pyridine rings is 1. The predicted octanol–water partition coefficient (Wildman–Crippen LogP) is 1.11. The molecule has 0 radical (unpaired) electrons. The van der Waals surface area contributed by atoms with E-state index < -0.39 is 21.8 Å². The monoisotopic (exact) mass is 326 g/mol. The van der Waals surface area contributed by atoms with Crippen molar-refractivity contribution in [2.45, 2.75) is 43.6 Å². The molecule has 22 heavy (non-hydrogen) atoms. The second kappa shape index (κ2) is 6.75. The van der Waals surface area contributed by atoms with Gasteiger partial charge in [0.1, 0.15) is 15.9 Å². The van der Waals surface area contributed by atoms with Crippen molar-refractivity contribution in [1.82, 2.24) is 4.98 Å². The van der Waals surface area contributed by atoms with Gasteiger partial charge in [-0.25, -0.2) is 8.42 Å². The lowest BCUT2D eigenvalue weighted by molar-refractivity contribution is -0.138. The number of aliphatic carboxylic acids is 1. The molecule has 0 saturated heterocycles. The van der Waals surface area contributed by atoms with Gasteiger partial charge in [-0.15, -0.1) is 0 Å². The molecule has 1 aromatic rings. The standard InChI is InChI=1S/C15H22N2O4S/c16-12(14(18)19)5-10-22(20,21)11-8-15(6-3-7-15)13-4-1-2-9-17-13/h1-2,4,9,12H,3,5-8,10-11,16H2,(H,18,19)/t12-/m0/s1. The maximum atomic E-state index is 12.1. The summed E-state index contributed by atoms with van der Waals surface area (Å²) in [4.78, 5) is 15.0. The summed E-state index contributed by atoms with van der Waals surface area (Å²) >= 11 is 0. The summed E-state index contributed by atoms with van der Waals surface area (Å²) in [6, 6.07) is 4.60. The van der Waals surface area contributed by atoms with Crippen LogP contribution in [-0.4, -0.2) is 42.0 Å². The summed E-state index contributed by atoms with van der Waals surface area (Å²) in [6.45, 7) is 0. The molecular formula is C15H22N2O4S. The Bertz CT molecular complexity index is 612. The number of sulfone groups is 1. The molecule has 1 aliphatic carbocycles. The summed E-state index contributed by atoms with van der Waals surface area (Å²) in [5, 5.41) is 8.71. The Kier molecular flexibility index (Phi) is 5.18. The summed E-state index contributed by atoms with van der Waals surface area (Å²) in [5.41, 5.74) is 6.18. The predicted molar refractivity (Wildman–Crippen MR) is 83.3 cm³/mol. The number of rotatable bonds is 8. The Morgan fingerprint density at radius 2 is 2.09 bits per heavy atom. The minimum Gasteiger partial charge on any atom is -0.480 e. The average Bonchev–Trinajstić information content (AvgIpc) is 2.44. The molecule has 122 valence electrons. The van der Waals surface area contributed by atoms with E-state index in [1.807, 2.05) is 18.2 Å². The van der Waals surface area contributed by atoms with Gasteiger partial charge in [0.25, 0.3) is 0 Å². The number of nitrogens with zero attached hydrogens (tertiary/aromatic N) is 1. The van der Waals surface area contributed by atoms with Gasteiger partial charge in [0, 0.05) is 17.3 Å². The van der Waals surface area contributed by atoms with Crippen molar-refractivity contribution in [2.24, 2.45) is 5.73 Å². The first-order valence-corrected chi connectivity index (χ1v) is 9.27. The molecule has 1 aliphatic rings. The highest BCUT2D eigenvalue weighted by Crippen LogP contribution is 2.45. The second-order valence-corrected chi connectivity index (χ2v) is 8.29. The number of aromatic nitrogens is 1. The number of hydrogen-bond acceptors (Lipinski definition) is 5. The van der Waals surface area contributed by atoms with Crippen LogP contribution < -0.4 is 5.73 Å². The van der Waals surface area contributed by atoms with Crippen molar-refractivity contribution in [3.63, 3.8) is 0 Å². The molecule has 6 nitrogen and oxygen atoms in total. The van der Waals surface area contributed by atoms with Gasteiger partial charge < -0.3 is 10.8 Å². The van der Waals surface area contributed by atoms with Crippen LogP contribution in [0.15, 0.2) is 24.4 Å². The maximum Gasteiger partial charge on any atom is 0.320 e. The van der Waals surface area contributed by atoms with Gasteiger partial charge in [0.05, 0.1) is 11.5 Å². The van der Waals surface area contributed by atoms with Crippen LogP contribution in [-0.2, 0) is 20.0 Å². The van der Waals surface area contributed by atoms with Gasteiger partial charge >= 0.3 is 5.97 Å². The summed E-state index contributed by atoms with van der Waals surface area (Å²) in [7, 11) is -3.30. The molecule has 1 fully saturated rings. The van der Waals surface area contributed by atoms with E-state index in [1.165, 1.54) is 0 Å². The highest BCUT2D eigenvalue weighted by molar-refractivity contribution is 7.91. The Morgan fingerprint density at radius 3 is 2.59 bits per heavy atom. The Labute approximate surface area is 130 Å². The lowest BCUT2D eigenvalue weighted by Gasteiger charge is -2.41. The largest absolute Gasteiger partial charge is 0.480 e. The zero-order valence-corrected chi connectivity index (χ0v) is 13.3. The van der Waals surface area contributed by atoms with E-state index in [0.717, 1.165) is 25.0 Å². The van der Waals surface area contributed by atoms with Gasteiger partial charge in [0.15, 0.2) is 0 Å². The van der Waals surface area contributed by atoms with Crippen molar-refractivity contribution in [2.75, 3.05) is 11.5 Å². The van der Waals surface area contributed by atoms with Crippen LogP contribution in [0.25, 0.3) is 0 Å². The molecular weight excluding hydrogens is 304 g/mol. The summed E-state index contributed by atoms with van der Waals surface area (Å²) < 4.78 is 24.2. The number of carboxylic acids is 1. The van der Waals surface area contributed by atoms with Crippen LogP contribution in [0.2, 0.25) is 0 Å². The first-order chi connectivity index (χ1) is 10.3. The van der Waals surface area contributed by atoms with Crippen LogP contribution >= 0.6 is 0 Å². The van der Waals surface area contributed by atoms with Crippen molar-refractivity contribution in [3.8, 4) is 0 Å². The van der Waals surface area contributed by atoms with Crippen molar-refractivity contribution < 1.29 is 18.3 Å². The second-order valence-electron chi connectivity index (χ2n) is 5.98. The molecule has 0 bridgehead atoms. The average molecular weight is 326 g/mol. The molecule has 0 amide bonds. The molecule has 1 saturated carbocycles. The number of hydrogen-bond donors (Lipinski definition) is 2. The smallest absolute Gasteiger partial charge is 0.320 e. The molecule has 1 atom stereocenters. The minimum absolute atomic E-state index is 0.0474. The van der Waals surface area contributed by atoms with E-state index in [9.17, 15) is 13.2 Å². The Balaban J connectivity index is 1.94. The van der Waals surface area contributed by atoms with Crippen molar-refractivity contribution >= 4 is 15.8 Å². The maximum absolute atomic E-state index is 12.1. The fourth-order valence-corrected chi connectivity index (χ4v) is 4.32. The van der Waals surface area contributed by atoms with Gasteiger partial charge in [-0.1, -0.05) is 12.5 Å². The number of nitrogens with two attached hydrogens (primary N) is 1. The first kappa shape index (κ1) is 16.9. The van der Waals surface area contributed by atoms with Crippen LogP contribution in [0.1, 0.15) is 37.8 Å². The molecule has 0 unspecified atom stereocenters. The van der Waals surface area contributed by atoms with Gasteiger partial charge in [-0.05, 0) is 37.8 Å². The van der Waals surface area contributed by atoms with Crippen molar-refractivity contribution in [1.29, 1.82) is 0 Å². The van der Waals surface area contributed by atoms with Crippen LogP contribution in [0.3, 0.4) is 0 Å². The molecule has 3 N–H and O–H groups in total. The third-order valence-corrected chi connectivity index (χ3v) is 6.15. The highest BCUT2D eigenvalue weighted by Gasteiger charge is 2.40. The van der Waals surface area contributed by atoms with E-state index >= 15 is 0 Å². The minimum atomic E-state index is -3.30. The van der Waals surface area contributed by atoms with E-state index in [-0.39, 0.29) is 23.3 Å². The number of carboxylic acid groups (broad SMARTS) is 1. The molecule has 7 heteroatoms. The number of carbonyl (C=O) groups is 1. The SMILES string of the molecule is N[C@@H](CCS(=O)(=O)CCC1(c2ccccn2)CCC1)C(=O)O. The van der Waals surface area contributed by atoms with E-state index in [0.29, 0.717) is 6.42 Å². The van der Waals surface area contributed by atoms with Crippen molar-refractivity contribution in [3.05, 3.63) is 30.1 Å². The summed E-state index contributed by atoms with van der Waals surface area (Å²) in [6.07, 6.45) is 5.21. The zero-order valence-electron chi connectivity index (χ0n) is 12.4. The molecule has 2 rings (SSSR count). The van der Waals surface area contributed by atoms with E-state index in [2.05, 4.69) is 4.98 Å². The molecule has 0 spiro atoms.